The molecule has 0 amide bonds. The maximum absolute atomic E-state index is 9.34. The summed E-state index contributed by atoms with van der Waals surface area (Å²) < 4.78 is 0. The number of nitrogens with two attached hydrogens (primary N) is 1. The van der Waals surface area contributed by atoms with Gasteiger partial charge in [0.05, 0.1) is 6.61 Å². The van der Waals surface area contributed by atoms with E-state index in [-0.39, 0.29) is 12.1 Å². The number of hydrogen-bond donors (Lipinski definition) is 2. The van der Waals surface area contributed by atoms with Crippen LogP contribution >= 0.6 is 11.8 Å². The number of rotatable bonds is 3. The average Bonchev–Trinajstić information content (AvgIpc) is 2.32. The lowest BCUT2D eigenvalue weighted by atomic mass is 9.83. The van der Waals surface area contributed by atoms with Crippen molar-refractivity contribution in [2.75, 3.05) is 6.61 Å². The molecule has 1 saturated carbocycles. The van der Waals surface area contributed by atoms with Crippen LogP contribution in [0.4, 0.5) is 0 Å². The molecule has 1 aliphatic rings. The molecule has 0 spiro atoms. The van der Waals surface area contributed by atoms with Gasteiger partial charge in [-0.1, -0.05) is 24.1 Å². The quantitative estimate of drug-likeness (QED) is 0.868. The van der Waals surface area contributed by atoms with Gasteiger partial charge in [0.25, 0.3) is 0 Å². The number of aryl methyl sites for hydroxylation is 1. The Morgan fingerprint density at radius 3 is 2.76 bits per heavy atom. The molecule has 0 heterocycles. The van der Waals surface area contributed by atoms with E-state index in [4.69, 9.17) is 5.73 Å². The van der Waals surface area contributed by atoms with Gasteiger partial charge in [-0.2, -0.15) is 0 Å². The highest BCUT2D eigenvalue weighted by Crippen LogP contribution is 2.37. The van der Waals surface area contributed by atoms with Gasteiger partial charge in [0, 0.05) is 15.7 Å². The Morgan fingerprint density at radius 1 is 1.41 bits per heavy atom. The fourth-order valence-corrected chi connectivity index (χ4v) is 3.77. The zero-order valence-corrected chi connectivity index (χ0v) is 11.2. The topological polar surface area (TPSA) is 46.2 Å². The molecule has 1 fully saturated rings. The lowest BCUT2D eigenvalue weighted by Gasteiger charge is -2.36. The Bertz CT molecular complexity index is 365. The van der Waals surface area contributed by atoms with Gasteiger partial charge in [0.2, 0.25) is 0 Å². The van der Waals surface area contributed by atoms with Gasteiger partial charge in [-0.25, -0.2) is 0 Å². The summed E-state index contributed by atoms with van der Waals surface area (Å²) >= 11 is 1.90. The van der Waals surface area contributed by atoms with Crippen molar-refractivity contribution in [3.63, 3.8) is 0 Å². The molecule has 2 atom stereocenters. The van der Waals surface area contributed by atoms with Crippen LogP contribution < -0.4 is 5.73 Å². The van der Waals surface area contributed by atoms with Crippen molar-refractivity contribution in [1.82, 2.24) is 0 Å². The van der Waals surface area contributed by atoms with E-state index in [2.05, 4.69) is 31.2 Å². The molecule has 3 heteroatoms. The minimum atomic E-state index is -0.347. The summed E-state index contributed by atoms with van der Waals surface area (Å²) in [6.07, 6.45) is 4.20. The molecule has 94 valence electrons. The first-order valence-corrected chi connectivity index (χ1v) is 7.12. The highest BCUT2D eigenvalue weighted by molar-refractivity contribution is 8.00. The molecule has 0 saturated heterocycles. The average molecular weight is 251 g/mol. The third-order valence-corrected chi connectivity index (χ3v) is 4.75. The largest absolute Gasteiger partial charge is 0.394 e. The van der Waals surface area contributed by atoms with Gasteiger partial charge in [0.1, 0.15) is 0 Å². The van der Waals surface area contributed by atoms with E-state index in [0.717, 1.165) is 19.3 Å². The van der Waals surface area contributed by atoms with E-state index < -0.39 is 0 Å². The Labute approximate surface area is 108 Å². The first-order chi connectivity index (χ1) is 8.11. The van der Waals surface area contributed by atoms with Crippen LogP contribution in [0.5, 0.6) is 0 Å². The van der Waals surface area contributed by atoms with Crippen LogP contribution in [-0.2, 0) is 0 Å². The van der Waals surface area contributed by atoms with E-state index in [0.29, 0.717) is 5.25 Å². The molecular formula is C14H21NOS. The zero-order valence-electron chi connectivity index (χ0n) is 10.4. The zero-order chi connectivity index (χ0) is 12.3. The van der Waals surface area contributed by atoms with Crippen LogP contribution in [-0.4, -0.2) is 22.5 Å². The molecule has 0 aromatic heterocycles. The van der Waals surface area contributed by atoms with Crippen LogP contribution in [0.25, 0.3) is 0 Å². The van der Waals surface area contributed by atoms with E-state index >= 15 is 0 Å². The van der Waals surface area contributed by atoms with Crippen molar-refractivity contribution >= 4 is 11.8 Å². The van der Waals surface area contributed by atoms with Crippen molar-refractivity contribution in [3.8, 4) is 0 Å². The number of thioether (sulfide) groups is 1. The lowest BCUT2D eigenvalue weighted by Crippen LogP contribution is -2.48. The minimum Gasteiger partial charge on any atom is -0.394 e. The molecule has 0 radical (unpaired) electrons. The van der Waals surface area contributed by atoms with Gasteiger partial charge in [-0.05, 0) is 38.3 Å². The fraction of sp³-hybridized carbons (Fsp3) is 0.571. The maximum Gasteiger partial charge on any atom is 0.0611 e. The second-order valence-corrected chi connectivity index (χ2v) is 6.54. The molecule has 1 aromatic carbocycles. The van der Waals surface area contributed by atoms with Crippen molar-refractivity contribution in [2.45, 2.75) is 48.3 Å². The fourth-order valence-electron chi connectivity index (χ4n) is 2.39. The molecule has 0 aliphatic heterocycles. The molecule has 1 aromatic rings. The summed E-state index contributed by atoms with van der Waals surface area (Å²) in [5.41, 5.74) is 7.11. The third-order valence-electron chi connectivity index (χ3n) is 3.47. The predicted molar refractivity (Wildman–Crippen MR) is 73.3 cm³/mol. The Balaban J connectivity index is 1.97. The molecule has 17 heavy (non-hydrogen) atoms. The standard InChI is InChI=1S/C14H21NOS/c1-11-4-6-12(7-5-11)17-13-3-2-8-14(15,9-13)10-16/h4-7,13,16H,2-3,8-10,15H2,1H3. The SMILES string of the molecule is Cc1ccc(SC2CCCC(N)(CO)C2)cc1. The van der Waals surface area contributed by atoms with Gasteiger partial charge in [0.15, 0.2) is 0 Å². The molecule has 2 unspecified atom stereocenters. The van der Waals surface area contributed by atoms with Gasteiger partial charge in [-0.15, -0.1) is 11.8 Å². The van der Waals surface area contributed by atoms with Crippen molar-refractivity contribution in [2.24, 2.45) is 5.73 Å². The molecule has 3 N–H and O–H groups in total. The molecule has 2 rings (SSSR count). The minimum absolute atomic E-state index is 0.109. The summed E-state index contributed by atoms with van der Waals surface area (Å²) in [4.78, 5) is 1.31. The van der Waals surface area contributed by atoms with E-state index in [9.17, 15) is 5.11 Å². The van der Waals surface area contributed by atoms with Crippen LogP contribution in [0, 0.1) is 6.92 Å². The molecular weight excluding hydrogens is 230 g/mol. The summed E-state index contributed by atoms with van der Waals surface area (Å²) in [7, 11) is 0. The number of aliphatic hydroxyl groups excluding tert-OH is 1. The number of hydrogen-bond acceptors (Lipinski definition) is 3. The van der Waals surface area contributed by atoms with Gasteiger partial charge in [-0.3, -0.25) is 0 Å². The molecule has 1 aliphatic carbocycles. The van der Waals surface area contributed by atoms with Crippen molar-refractivity contribution < 1.29 is 5.11 Å². The van der Waals surface area contributed by atoms with Crippen LogP contribution in [0.1, 0.15) is 31.2 Å². The first-order valence-electron chi connectivity index (χ1n) is 6.24. The molecule has 2 nitrogen and oxygen atoms in total. The Kier molecular flexibility index (Phi) is 4.13. The number of aliphatic hydroxyl groups is 1. The molecule has 0 bridgehead atoms. The maximum atomic E-state index is 9.34. The van der Waals surface area contributed by atoms with E-state index in [1.807, 2.05) is 11.8 Å². The summed E-state index contributed by atoms with van der Waals surface area (Å²) in [6.45, 7) is 2.21. The van der Waals surface area contributed by atoms with E-state index in [1.165, 1.54) is 16.9 Å². The normalized spacial score (nSPS) is 29.2. The monoisotopic (exact) mass is 251 g/mol. The highest BCUT2D eigenvalue weighted by Gasteiger charge is 2.32. The van der Waals surface area contributed by atoms with Crippen molar-refractivity contribution in [1.29, 1.82) is 0 Å². The van der Waals surface area contributed by atoms with Crippen LogP contribution in [0.2, 0.25) is 0 Å². The second kappa shape index (κ2) is 5.42. The van der Waals surface area contributed by atoms with Crippen molar-refractivity contribution in [3.05, 3.63) is 29.8 Å². The highest BCUT2D eigenvalue weighted by atomic mass is 32.2. The Hall–Kier alpha value is -0.510. The van der Waals surface area contributed by atoms with Gasteiger partial charge < -0.3 is 10.8 Å². The van der Waals surface area contributed by atoms with Gasteiger partial charge >= 0.3 is 0 Å². The summed E-state index contributed by atoms with van der Waals surface area (Å²) in [6, 6.07) is 8.64. The first kappa shape index (κ1) is 12.9. The van der Waals surface area contributed by atoms with Crippen LogP contribution in [0.3, 0.4) is 0 Å². The Morgan fingerprint density at radius 2 is 2.12 bits per heavy atom. The second-order valence-electron chi connectivity index (χ2n) is 5.17. The smallest absolute Gasteiger partial charge is 0.0611 e. The lowest BCUT2D eigenvalue weighted by molar-refractivity contribution is 0.159. The number of benzene rings is 1. The van der Waals surface area contributed by atoms with E-state index in [1.54, 1.807) is 0 Å². The summed E-state index contributed by atoms with van der Waals surface area (Å²) in [5, 5.41) is 9.88. The predicted octanol–water partition coefficient (Wildman–Crippen LogP) is 2.72. The third kappa shape index (κ3) is 3.47. The summed E-state index contributed by atoms with van der Waals surface area (Å²) in [5.74, 6) is 0. The van der Waals surface area contributed by atoms with Crippen LogP contribution in [0.15, 0.2) is 29.2 Å².